The van der Waals surface area contributed by atoms with E-state index < -0.39 is 24.4 Å². The molecule has 0 fully saturated rings. The zero-order chi connectivity index (χ0) is 36.4. The number of fused-ring (bicyclic) bond motifs is 1. The van der Waals surface area contributed by atoms with Crippen molar-refractivity contribution in [3.05, 3.63) is 143 Å². The van der Waals surface area contributed by atoms with E-state index >= 15 is 0 Å². The van der Waals surface area contributed by atoms with Crippen LogP contribution in [0.15, 0.2) is 125 Å². The van der Waals surface area contributed by atoms with Crippen molar-refractivity contribution in [2.24, 2.45) is 0 Å². The summed E-state index contributed by atoms with van der Waals surface area (Å²) in [6.07, 6.45) is 4.06. The second-order valence-electron chi connectivity index (χ2n) is 12.4. The van der Waals surface area contributed by atoms with E-state index in [9.17, 15) is 26.0 Å². The van der Waals surface area contributed by atoms with Gasteiger partial charge in [-0.25, -0.2) is 21.2 Å². The van der Waals surface area contributed by atoms with E-state index in [0.29, 0.717) is 33.5 Å². The number of sulfone groups is 2. The SMILES string of the molecule is CC.CC(C)(c1cc(-c2cccc(-c3ccc(=O)n(Cc4ccc(F)cc4)c3-c3ccc(S(C)(=O)=O)cc3)c2)c2ncccc2c1)S(C)(=O)=O. The Kier molecular flexibility index (Phi) is 10.3. The minimum absolute atomic E-state index is 0.146. The fraction of sp³-hybridized carbons (Fsp3) is 0.200. The molecule has 7 nitrogen and oxygen atoms in total. The van der Waals surface area contributed by atoms with Crippen LogP contribution >= 0.6 is 0 Å². The molecule has 0 bridgehead atoms. The predicted molar refractivity (Wildman–Crippen MR) is 200 cm³/mol. The molecule has 50 heavy (non-hydrogen) atoms. The van der Waals surface area contributed by atoms with E-state index in [1.54, 1.807) is 54.9 Å². The first kappa shape index (κ1) is 36.4. The van der Waals surface area contributed by atoms with Gasteiger partial charge in [0.2, 0.25) is 0 Å². The summed E-state index contributed by atoms with van der Waals surface area (Å²) in [7, 11) is -6.93. The standard InChI is InChI=1S/C38H33FN2O5S2.C2H6/c1-38(2,48(4,45)46)30-22-29-9-6-20-40-36(29)34(23-30)28-8-5-7-27(21-28)33-18-19-35(42)41(24-25-10-14-31(39)15-11-25)37(33)26-12-16-32(17-13-26)47(3,43)44;1-2/h5-23H,24H2,1-4H3;1-2H3. The van der Waals surface area contributed by atoms with Crippen LogP contribution in [0.3, 0.4) is 0 Å². The summed E-state index contributed by atoms with van der Waals surface area (Å²) >= 11 is 0. The van der Waals surface area contributed by atoms with E-state index in [1.165, 1.54) is 36.6 Å². The van der Waals surface area contributed by atoms with E-state index in [2.05, 4.69) is 4.98 Å². The van der Waals surface area contributed by atoms with Crippen molar-refractivity contribution < 1.29 is 21.2 Å². The number of pyridine rings is 2. The third-order valence-electron chi connectivity index (χ3n) is 8.81. The quantitative estimate of drug-likeness (QED) is 0.158. The number of hydrogen-bond acceptors (Lipinski definition) is 6. The molecule has 10 heteroatoms. The Bertz CT molecular complexity index is 2470. The van der Waals surface area contributed by atoms with Crippen LogP contribution in [0.5, 0.6) is 0 Å². The van der Waals surface area contributed by atoms with Crippen molar-refractivity contribution >= 4 is 30.6 Å². The third kappa shape index (κ3) is 7.32. The molecule has 0 amide bonds. The van der Waals surface area contributed by atoms with Gasteiger partial charge in [0, 0.05) is 41.3 Å². The number of halogens is 1. The highest BCUT2D eigenvalue weighted by Gasteiger charge is 2.33. The van der Waals surface area contributed by atoms with Gasteiger partial charge in [-0.2, -0.15) is 0 Å². The van der Waals surface area contributed by atoms with Gasteiger partial charge >= 0.3 is 0 Å². The summed E-state index contributed by atoms with van der Waals surface area (Å²) in [4.78, 5) is 18.3. The molecule has 4 aromatic carbocycles. The van der Waals surface area contributed by atoms with Gasteiger partial charge in [-0.15, -0.1) is 0 Å². The van der Waals surface area contributed by atoms with E-state index in [4.69, 9.17) is 0 Å². The highest BCUT2D eigenvalue weighted by Crippen LogP contribution is 2.39. The lowest BCUT2D eigenvalue weighted by Crippen LogP contribution is -2.28. The zero-order valence-corrected chi connectivity index (χ0v) is 30.4. The maximum absolute atomic E-state index is 13.7. The molecule has 2 aromatic heterocycles. The lowest BCUT2D eigenvalue weighted by molar-refractivity contribution is 0.561. The van der Waals surface area contributed by atoms with Crippen LogP contribution in [-0.4, -0.2) is 38.9 Å². The molecule has 0 saturated carbocycles. The summed E-state index contributed by atoms with van der Waals surface area (Å²) in [5.74, 6) is -0.390. The van der Waals surface area contributed by atoms with E-state index in [0.717, 1.165) is 28.3 Å². The fourth-order valence-corrected chi connectivity index (χ4v) is 6.92. The van der Waals surface area contributed by atoms with Crippen molar-refractivity contribution in [3.63, 3.8) is 0 Å². The Morgan fingerprint density at radius 3 is 1.98 bits per heavy atom. The van der Waals surface area contributed by atoms with Crippen molar-refractivity contribution in [2.75, 3.05) is 12.5 Å². The predicted octanol–water partition coefficient (Wildman–Crippen LogP) is 8.29. The molecular formula is C40H39FN2O5S2. The van der Waals surface area contributed by atoms with Gasteiger partial charge in [-0.1, -0.05) is 62.4 Å². The fourth-order valence-electron chi connectivity index (χ4n) is 5.74. The number of aromatic nitrogens is 2. The van der Waals surface area contributed by atoms with Crippen molar-refractivity contribution in [1.29, 1.82) is 0 Å². The molecule has 6 aromatic rings. The molecule has 0 aliphatic rings. The Hall–Kier alpha value is -4.93. The molecule has 0 spiro atoms. The van der Waals surface area contributed by atoms with Gasteiger partial charge < -0.3 is 4.57 Å². The second kappa shape index (κ2) is 14.1. The Labute approximate surface area is 292 Å². The number of hydrogen-bond donors (Lipinski definition) is 0. The highest BCUT2D eigenvalue weighted by molar-refractivity contribution is 7.91. The normalized spacial score (nSPS) is 12.0. The summed E-state index contributed by atoms with van der Waals surface area (Å²) < 4.78 is 64.3. The third-order valence-corrected chi connectivity index (χ3v) is 12.0. The van der Waals surface area contributed by atoms with Crippen LogP contribution in [-0.2, 0) is 31.0 Å². The number of nitrogens with zero attached hydrogens (tertiary/aromatic N) is 2. The van der Waals surface area contributed by atoms with Gasteiger partial charge in [0.1, 0.15) is 5.82 Å². The van der Waals surface area contributed by atoms with Gasteiger partial charge in [0.15, 0.2) is 19.7 Å². The molecule has 2 heterocycles. The van der Waals surface area contributed by atoms with Gasteiger partial charge in [0.05, 0.1) is 27.4 Å². The van der Waals surface area contributed by atoms with E-state index in [-0.39, 0.29) is 22.8 Å². The van der Waals surface area contributed by atoms with Crippen molar-refractivity contribution in [3.8, 4) is 33.5 Å². The molecule has 0 unspecified atom stereocenters. The van der Waals surface area contributed by atoms with Crippen LogP contribution in [0.25, 0.3) is 44.4 Å². The molecule has 258 valence electrons. The maximum atomic E-state index is 13.7. The zero-order valence-electron chi connectivity index (χ0n) is 28.8. The summed E-state index contributed by atoms with van der Waals surface area (Å²) in [5.41, 5.74) is 5.94. The molecule has 0 radical (unpaired) electrons. The van der Waals surface area contributed by atoms with Gasteiger partial charge in [0.25, 0.3) is 5.56 Å². The van der Waals surface area contributed by atoms with Crippen LogP contribution in [0.2, 0.25) is 0 Å². The number of rotatable bonds is 8. The van der Waals surface area contributed by atoms with Crippen molar-refractivity contribution in [1.82, 2.24) is 9.55 Å². The molecule has 0 aliphatic carbocycles. The first-order valence-electron chi connectivity index (χ1n) is 16.1. The molecule has 0 saturated heterocycles. The van der Waals surface area contributed by atoms with Crippen LogP contribution in [0.4, 0.5) is 4.39 Å². The first-order valence-corrected chi connectivity index (χ1v) is 19.9. The van der Waals surface area contributed by atoms with Crippen LogP contribution < -0.4 is 5.56 Å². The highest BCUT2D eigenvalue weighted by atomic mass is 32.2. The minimum Gasteiger partial charge on any atom is -0.303 e. The van der Waals surface area contributed by atoms with Crippen molar-refractivity contribution in [2.45, 2.75) is 43.9 Å². The summed E-state index contributed by atoms with van der Waals surface area (Å²) in [6.45, 7) is 7.52. The molecule has 0 aliphatic heterocycles. The first-order chi connectivity index (χ1) is 23.6. The Balaban J connectivity index is 0.00000239. The van der Waals surface area contributed by atoms with Gasteiger partial charge in [-0.3, -0.25) is 9.78 Å². The molecule has 0 N–H and O–H groups in total. The average Bonchev–Trinajstić information content (AvgIpc) is 3.09. The Morgan fingerprint density at radius 2 is 1.36 bits per heavy atom. The number of benzene rings is 4. The lowest BCUT2D eigenvalue weighted by atomic mass is 9.91. The summed E-state index contributed by atoms with van der Waals surface area (Å²) in [6, 6.07) is 30.7. The molecule has 6 rings (SSSR count). The Morgan fingerprint density at radius 1 is 0.720 bits per heavy atom. The maximum Gasteiger partial charge on any atom is 0.251 e. The lowest BCUT2D eigenvalue weighted by Gasteiger charge is -2.24. The largest absolute Gasteiger partial charge is 0.303 e. The van der Waals surface area contributed by atoms with E-state index in [1.807, 2.05) is 62.4 Å². The van der Waals surface area contributed by atoms with Gasteiger partial charge in [-0.05, 0) is 96.3 Å². The average molecular weight is 711 g/mol. The monoisotopic (exact) mass is 710 g/mol. The summed E-state index contributed by atoms with van der Waals surface area (Å²) in [5, 5.41) is 0.798. The molecular weight excluding hydrogens is 672 g/mol. The second-order valence-corrected chi connectivity index (χ2v) is 17.0. The minimum atomic E-state index is -3.47. The van der Waals surface area contributed by atoms with Crippen LogP contribution in [0.1, 0.15) is 38.8 Å². The topological polar surface area (TPSA) is 103 Å². The molecule has 0 atom stereocenters. The van der Waals surface area contributed by atoms with Crippen LogP contribution in [0, 0.1) is 5.82 Å². The smallest absolute Gasteiger partial charge is 0.251 e.